The van der Waals surface area contributed by atoms with Crippen molar-refractivity contribution < 1.29 is 47.7 Å². The molecule has 0 spiro atoms. The Hall–Kier alpha value is -2.29. The summed E-state index contributed by atoms with van der Waals surface area (Å²) in [4.78, 5) is 35.9. The van der Waals surface area contributed by atoms with Crippen LogP contribution in [0.2, 0.25) is 5.28 Å². The van der Waals surface area contributed by atoms with Gasteiger partial charge in [-0.15, -0.1) is 0 Å². The average Bonchev–Trinajstić information content (AvgIpc) is 3.36. The molecule has 18 heteroatoms. The van der Waals surface area contributed by atoms with Crippen LogP contribution in [0.25, 0.3) is 11.0 Å². The second-order valence-electron chi connectivity index (χ2n) is 8.93. The van der Waals surface area contributed by atoms with E-state index < -0.39 is 64.1 Å². The zero-order chi connectivity index (χ0) is 28.7. The smallest absolute Gasteiger partial charge is 0.340 e. The molecule has 1 aliphatic rings. The Morgan fingerprint density at radius 3 is 2.51 bits per heavy atom. The van der Waals surface area contributed by atoms with Gasteiger partial charge in [-0.1, -0.05) is 24.3 Å². The number of fused-ring (bicyclic) bond motifs is 1. The second kappa shape index (κ2) is 11.3. The van der Waals surface area contributed by atoms with Crippen LogP contribution in [0.15, 0.2) is 42.6 Å². The topological polar surface area (TPSA) is 209 Å². The molecular formula is C21H25ClFN5O9P2. The highest BCUT2D eigenvalue weighted by Gasteiger charge is 2.46. The minimum atomic E-state index is -4.86. The highest BCUT2D eigenvalue weighted by Crippen LogP contribution is 2.55. The van der Waals surface area contributed by atoms with Gasteiger partial charge >= 0.3 is 15.2 Å². The standard InChI is InChI=1S/C21H25ClFN5O9P2/c1-10(2)15(11-3-5-12(23)6-4-11)25-18-13-7-24-28(19(13)27-21(22)26-18)20-17(30)16(29)14(37-20)8-36-39(34,35)9-38(31,32)33/h3-7,14-17,20,29-30H,1,8-9H2,2H3,(H,34,35)(H,25,26,27)(H2,31,32,33)/t14-,15-,16-,17-,20-/m1/s1. The van der Waals surface area contributed by atoms with E-state index in [4.69, 9.17) is 30.6 Å². The van der Waals surface area contributed by atoms with Gasteiger partial charge in [-0.05, 0) is 36.2 Å². The molecule has 6 atom stereocenters. The lowest BCUT2D eigenvalue weighted by molar-refractivity contribution is -0.0541. The summed E-state index contributed by atoms with van der Waals surface area (Å²) in [7, 11) is -9.59. The molecule has 1 fully saturated rings. The third kappa shape index (κ3) is 6.90. The molecule has 1 unspecified atom stereocenters. The summed E-state index contributed by atoms with van der Waals surface area (Å²) in [5, 5.41) is 28.6. The minimum Gasteiger partial charge on any atom is -0.387 e. The highest BCUT2D eigenvalue weighted by molar-refractivity contribution is 7.70. The van der Waals surface area contributed by atoms with Gasteiger partial charge in [-0.25, -0.2) is 9.07 Å². The van der Waals surface area contributed by atoms with Crippen molar-refractivity contribution in [2.45, 2.75) is 37.5 Å². The molecule has 1 saturated heterocycles. The van der Waals surface area contributed by atoms with Gasteiger partial charge in [-0.3, -0.25) is 9.13 Å². The van der Waals surface area contributed by atoms with E-state index in [9.17, 15) is 28.6 Å². The van der Waals surface area contributed by atoms with Crippen LogP contribution in [-0.2, 0) is 18.4 Å². The lowest BCUT2D eigenvalue weighted by atomic mass is 10.0. The van der Waals surface area contributed by atoms with Gasteiger partial charge in [-0.2, -0.15) is 15.1 Å². The van der Waals surface area contributed by atoms with Crippen LogP contribution in [-0.4, -0.2) is 75.5 Å². The van der Waals surface area contributed by atoms with E-state index in [0.717, 1.165) is 4.68 Å². The van der Waals surface area contributed by atoms with E-state index in [1.165, 1.54) is 18.3 Å². The lowest BCUT2D eigenvalue weighted by Gasteiger charge is -2.21. The fourth-order valence-electron chi connectivity index (χ4n) is 4.01. The fourth-order valence-corrected chi connectivity index (χ4v) is 6.74. The van der Waals surface area contributed by atoms with Crippen molar-refractivity contribution >= 4 is 43.6 Å². The summed E-state index contributed by atoms with van der Waals surface area (Å²) >= 11 is 6.17. The van der Waals surface area contributed by atoms with Gasteiger partial charge in [0.15, 0.2) is 17.8 Å². The van der Waals surface area contributed by atoms with Gasteiger partial charge in [0, 0.05) is 0 Å². The van der Waals surface area contributed by atoms with Crippen LogP contribution < -0.4 is 5.32 Å². The van der Waals surface area contributed by atoms with Crippen molar-refractivity contribution in [2.24, 2.45) is 0 Å². The Morgan fingerprint density at radius 2 is 1.90 bits per heavy atom. The van der Waals surface area contributed by atoms with Gasteiger partial charge in [0.25, 0.3) is 0 Å². The maximum atomic E-state index is 13.4. The molecule has 6 N–H and O–H groups in total. The summed E-state index contributed by atoms with van der Waals surface area (Å²) in [6, 6.07) is 5.28. The van der Waals surface area contributed by atoms with Crippen LogP contribution in [0.1, 0.15) is 24.8 Å². The number of aliphatic hydroxyl groups is 2. The fraction of sp³-hybridized carbons (Fsp3) is 0.381. The zero-order valence-electron chi connectivity index (χ0n) is 20.2. The number of nitrogens with zero attached hydrogens (tertiary/aromatic N) is 4. The van der Waals surface area contributed by atoms with Gasteiger partial charge in [0.1, 0.15) is 29.9 Å². The number of aliphatic hydroxyl groups excluding tert-OH is 2. The van der Waals surface area contributed by atoms with Crippen LogP contribution in [0.4, 0.5) is 10.2 Å². The number of nitrogens with one attached hydrogen (secondary N) is 1. The first-order chi connectivity index (χ1) is 18.1. The van der Waals surface area contributed by atoms with Crippen LogP contribution in [0.5, 0.6) is 0 Å². The summed E-state index contributed by atoms with van der Waals surface area (Å²) in [6.45, 7) is 4.98. The Kier molecular flexibility index (Phi) is 8.60. The quantitative estimate of drug-likeness (QED) is 0.111. The number of hydrogen-bond donors (Lipinski definition) is 6. The predicted octanol–water partition coefficient (Wildman–Crippen LogP) is 2.30. The first-order valence-corrected chi connectivity index (χ1v) is 15.2. The molecule has 0 saturated carbocycles. The maximum absolute atomic E-state index is 13.4. The molecule has 3 aromatic rings. The average molecular weight is 608 g/mol. The summed E-state index contributed by atoms with van der Waals surface area (Å²) < 4.78 is 47.9. The first kappa shape index (κ1) is 29.7. The van der Waals surface area contributed by atoms with Crippen molar-refractivity contribution in [3.63, 3.8) is 0 Å². The molecule has 0 radical (unpaired) electrons. The number of hydrogen-bond acceptors (Lipinski definition) is 10. The Bertz CT molecular complexity index is 1470. The number of halogens is 2. The van der Waals surface area contributed by atoms with Gasteiger partial charge < -0.3 is 39.5 Å². The molecule has 0 amide bonds. The van der Waals surface area contributed by atoms with E-state index in [2.05, 4.69) is 27.0 Å². The number of aromatic nitrogens is 4. The van der Waals surface area contributed by atoms with Crippen LogP contribution in [0.3, 0.4) is 0 Å². The number of anilines is 1. The summed E-state index contributed by atoms with van der Waals surface area (Å²) in [6.07, 6.45) is -4.57. The molecule has 39 heavy (non-hydrogen) atoms. The van der Waals surface area contributed by atoms with Gasteiger partial charge in [0.05, 0.1) is 24.2 Å². The zero-order valence-corrected chi connectivity index (χ0v) is 22.7. The van der Waals surface area contributed by atoms with Gasteiger partial charge in [0.2, 0.25) is 5.28 Å². The minimum absolute atomic E-state index is 0.101. The normalized spacial score (nSPS) is 24.0. The SMILES string of the molecule is C=C(C)[C@@H](Nc1nc(Cl)nc2c1cnn2[C@@H]1O[C@H](COP(=O)(O)CP(=O)(O)O)[C@@H](O)[C@H]1O)c1ccc(F)cc1. The number of ether oxygens (including phenoxy) is 1. The Balaban J connectivity index is 1.59. The molecule has 14 nitrogen and oxygen atoms in total. The van der Waals surface area contributed by atoms with Crippen LogP contribution in [0, 0.1) is 5.82 Å². The number of benzene rings is 1. The molecule has 212 valence electrons. The highest BCUT2D eigenvalue weighted by atomic mass is 35.5. The van der Waals surface area contributed by atoms with Crippen molar-refractivity contribution in [3.8, 4) is 0 Å². The third-order valence-electron chi connectivity index (χ3n) is 5.79. The monoisotopic (exact) mass is 607 g/mol. The second-order valence-corrected chi connectivity index (χ2v) is 13.3. The van der Waals surface area contributed by atoms with Crippen molar-refractivity contribution in [1.29, 1.82) is 0 Å². The first-order valence-electron chi connectivity index (χ1n) is 11.3. The van der Waals surface area contributed by atoms with E-state index in [0.29, 0.717) is 16.5 Å². The lowest BCUT2D eigenvalue weighted by Crippen LogP contribution is -2.33. The molecule has 1 aliphatic heterocycles. The van der Waals surface area contributed by atoms with E-state index in [1.54, 1.807) is 19.1 Å². The Morgan fingerprint density at radius 1 is 1.23 bits per heavy atom. The van der Waals surface area contributed by atoms with Crippen molar-refractivity contribution in [2.75, 3.05) is 17.8 Å². The van der Waals surface area contributed by atoms with Crippen molar-refractivity contribution in [1.82, 2.24) is 19.7 Å². The molecular weight excluding hydrogens is 583 g/mol. The molecule has 1 aromatic carbocycles. The summed E-state index contributed by atoms with van der Waals surface area (Å²) in [5.74, 6) is -1.59. The maximum Gasteiger partial charge on any atom is 0.340 e. The predicted molar refractivity (Wildman–Crippen MR) is 137 cm³/mol. The van der Waals surface area contributed by atoms with E-state index in [1.807, 2.05) is 0 Å². The van der Waals surface area contributed by atoms with Crippen LogP contribution >= 0.6 is 26.8 Å². The molecule has 2 aromatic heterocycles. The molecule has 0 bridgehead atoms. The van der Waals surface area contributed by atoms with E-state index >= 15 is 0 Å². The third-order valence-corrected chi connectivity index (χ3v) is 9.41. The Labute approximate surface area is 225 Å². The summed E-state index contributed by atoms with van der Waals surface area (Å²) in [5.41, 5.74) is 1.47. The molecule has 3 heterocycles. The molecule has 4 rings (SSSR count). The molecule has 0 aliphatic carbocycles. The van der Waals surface area contributed by atoms with E-state index in [-0.39, 0.29) is 16.7 Å². The number of rotatable bonds is 10. The van der Waals surface area contributed by atoms with Crippen molar-refractivity contribution in [3.05, 3.63) is 59.3 Å². The largest absolute Gasteiger partial charge is 0.387 e.